The quantitative estimate of drug-likeness (QED) is 0.264. The molecule has 4 aromatic carbocycles. The van der Waals surface area contributed by atoms with Crippen molar-refractivity contribution in [3.05, 3.63) is 90.0 Å². The Kier molecular flexibility index (Phi) is 4.13. The van der Waals surface area contributed by atoms with Gasteiger partial charge in [0.2, 0.25) is 11.3 Å². The predicted molar refractivity (Wildman–Crippen MR) is 132 cm³/mol. The summed E-state index contributed by atoms with van der Waals surface area (Å²) in [7, 11) is 2.16. The van der Waals surface area contributed by atoms with Gasteiger partial charge in [0.15, 0.2) is 0 Å². The molecule has 5 aromatic rings. The Bertz CT molecular complexity index is 1530. The van der Waals surface area contributed by atoms with Gasteiger partial charge < -0.3 is 4.74 Å². The molecule has 0 atom stereocenters. The molecule has 0 aliphatic carbocycles. The third kappa shape index (κ3) is 2.62. The Labute approximate surface area is 188 Å². The van der Waals surface area contributed by atoms with E-state index in [2.05, 4.69) is 111 Å². The molecule has 1 aromatic heterocycles. The fourth-order valence-electron chi connectivity index (χ4n) is 5.14. The number of pyridine rings is 1. The van der Waals surface area contributed by atoms with Crippen molar-refractivity contribution in [2.45, 2.75) is 26.7 Å². The van der Waals surface area contributed by atoms with Crippen molar-refractivity contribution in [1.82, 2.24) is 0 Å². The summed E-state index contributed by atoms with van der Waals surface area (Å²) in [6, 6.07) is 28.4. The summed E-state index contributed by atoms with van der Waals surface area (Å²) in [5, 5.41) is 3.62. The average molecular weight is 417 g/mol. The lowest BCUT2D eigenvalue weighted by Crippen LogP contribution is -2.34. The first kappa shape index (κ1) is 19.1. The van der Waals surface area contributed by atoms with Gasteiger partial charge in [-0.25, -0.2) is 0 Å². The summed E-state index contributed by atoms with van der Waals surface area (Å²) < 4.78 is 9.04. The molecule has 2 heteroatoms. The lowest BCUT2D eigenvalue weighted by Gasteiger charge is -2.24. The van der Waals surface area contributed by atoms with Gasteiger partial charge in [0.25, 0.3) is 5.69 Å². The molecular weight excluding hydrogens is 390 g/mol. The zero-order valence-corrected chi connectivity index (χ0v) is 18.9. The summed E-state index contributed by atoms with van der Waals surface area (Å²) in [5.74, 6) is 2.38. The highest BCUT2D eigenvalue weighted by Crippen LogP contribution is 2.51. The van der Waals surface area contributed by atoms with Crippen molar-refractivity contribution in [3.8, 4) is 33.9 Å². The van der Waals surface area contributed by atoms with Gasteiger partial charge in [0, 0.05) is 17.0 Å². The zero-order valence-electron chi connectivity index (χ0n) is 18.9. The molecule has 6 rings (SSSR count). The number of benzene rings is 4. The van der Waals surface area contributed by atoms with Crippen LogP contribution in [0.5, 0.6) is 11.5 Å². The van der Waals surface area contributed by atoms with Crippen molar-refractivity contribution in [2.24, 2.45) is 7.05 Å². The van der Waals surface area contributed by atoms with E-state index in [0.717, 1.165) is 22.8 Å². The summed E-state index contributed by atoms with van der Waals surface area (Å²) in [4.78, 5) is 0. The van der Waals surface area contributed by atoms with Gasteiger partial charge in [-0.05, 0) is 47.1 Å². The highest BCUT2D eigenvalue weighted by atomic mass is 16.5. The van der Waals surface area contributed by atoms with Crippen LogP contribution in [-0.2, 0) is 7.05 Å². The molecule has 0 saturated carbocycles. The largest absolute Gasteiger partial charge is 0.449 e. The number of aryl methyl sites for hydroxylation is 2. The van der Waals surface area contributed by atoms with Gasteiger partial charge in [-0.1, -0.05) is 74.5 Å². The normalized spacial score (nSPS) is 12.3. The molecule has 0 unspecified atom stereocenters. The number of para-hydroxylation sites is 1. The van der Waals surface area contributed by atoms with E-state index in [-0.39, 0.29) is 0 Å². The van der Waals surface area contributed by atoms with E-state index in [1.54, 1.807) is 0 Å². The van der Waals surface area contributed by atoms with Crippen LogP contribution in [-0.4, -0.2) is 0 Å². The molecule has 0 N–H and O–H groups in total. The molecule has 0 amide bonds. The first-order chi connectivity index (χ1) is 15.5. The third-order valence-electron chi connectivity index (χ3n) is 6.84. The first-order valence-corrected chi connectivity index (χ1v) is 11.3. The number of hydrogen-bond donors (Lipinski definition) is 0. The second-order valence-electron chi connectivity index (χ2n) is 9.12. The maximum absolute atomic E-state index is 6.74. The average Bonchev–Trinajstić information content (AvgIpc) is 2.81. The SMILES string of the molecule is Cc1ccc2cccc3c2c1-c1c(c(-c2ccc(C(C)C)cc2)c2ccccc2[n+]1C)O3. The third-order valence-corrected chi connectivity index (χ3v) is 6.84. The van der Waals surface area contributed by atoms with Gasteiger partial charge in [0.1, 0.15) is 12.8 Å². The molecule has 0 bridgehead atoms. The summed E-state index contributed by atoms with van der Waals surface area (Å²) in [5.41, 5.74) is 8.58. The Hall–Kier alpha value is -3.65. The van der Waals surface area contributed by atoms with Gasteiger partial charge in [-0.15, -0.1) is 0 Å². The molecule has 1 aliphatic heterocycles. The van der Waals surface area contributed by atoms with Gasteiger partial charge >= 0.3 is 0 Å². The standard InChI is InChI=1S/C30H26NO/c1-18(2)20-14-16-22(17-15-20)27-23-9-5-6-10-24(23)31(4)29-26-19(3)12-13-21-8-7-11-25(28(21)26)32-30(27)29/h5-18H,1-4H3/q+1. The second kappa shape index (κ2) is 6.93. The smallest absolute Gasteiger partial charge is 0.257 e. The number of aromatic nitrogens is 1. The van der Waals surface area contributed by atoms with Crippen molar-refractivity contribution in [2.75, 3.05) is 0 Å². The van der Waals surface area contributed by atoms with E-state index in [1.807, 2.05) is 0 Å². The van der Waals surface area contributed by atoms with Crippen LogP contribution in [0.3, 0.4) is 0 Å². The molecule has 1 aliphatic rings. The highest BCUT2D eigenvalue weighted by Gasteiger charge is 2.34. The van der Waals surface area contributed by atoms with E-state index in [0.29, 0.717) is 5.92 Å². The van der Waals surface area contributed by atoms with Crippen LogP contribution >= 0.6 is 0 Å². The maximum atomic E-state index is 6.74. The first-order valence-electron chi connectivity index (χ1n) is 11.3. The summed E-state index contributed by atoms with van der Waals surface area (Å²) in [6.07, 6.45) is 0. The van der Waals surface area contributed by atoms with Crippen LogP contribution in [0.15, 0.2) is 78.9 Å². The Morgan fingerprint density at radius 2 is 1.56 bits per heavy atom. The van der Waals surface area contributed by atoms with Crippen LogP contribution in [0.1, 0.15) is 30.9 Å². The number of fused-ring (bicyclic) bond motifs is 3. The molecule has 0 radical (unpaired) electrons. The van der Waals surface area contributed by atoms with Crippen molar-refractivity contribution < 1.29 is 9.30 Å². The van der Waals surface area contributed by atoms with E-state index in [1.165, 1.54) is 43.9 Å². The lowest BCUT2D eigenvalue weighted by molar-refractivity contribution is -0.633. The fraction of sp³-hybridized carbons (Fsp3) is 0.167. The monoisotopic (exact) mass is 416 g/mol. The number of hydrogen-bond acceptors (Lipinski definition) is 1. The van der Waals surface area contributed by atoms with Crippen LogP contribution in [0, 0.1) is 6.92 Å². The molecule has 2 nitrogen and oxygen atoms in total. The number of rotatable bonds is 2. The molecule has 0 saturated heterocycles. The van der Waals surface area contributed by atoms with Crippen LogP contribution in [0.4, 0.5) is 0 Å². The summed E-state index contributed by atoms with van der Waals surface area (Å²) >= 11 is 0. The number of ether oxygens (including phenoxy) is 1. The van der Waals surface area contributed by atoms with Gasteiger partial charge in [-0.2, -0.15) is 4.57 Å². The van der Waals surface area contributed by atoms with Crippen LogP contribution < -0.4 is 9.30 Å². The molecule has 0 fully saturated rings. The van der Waals surface area contributed by atoms with Gasteiger partial charge in [0.05, 0.1) is 10.9 Å². The van der Waals surface area contributed by atoms with Crippen molar-refractivity contribution in [3.63, 3.8) is 0 Å². The fourth-order valence-corrected chi connectivity index (χ4v) is 5.14. The minimum Gasteiger partial charge on any atom is -0.449 e. The Balaban J connectivity index is 1.77. The van der Waals surface area contributed by atoms with E-state index < -0.39 is 0 Å². The van der Waals surface area contributed by atoms with Crippen LogP contribution in [0.2, 0.25) is 0 Å². The maximum Gasteiger partial charge on any atom is 0.257 e. The Morgan fingerprint density at radius 1 is 0.781 bits per heavy atom. The Morgan fingerprint density at radius 3 is 2.34 bits per heavy atom. The minimum absolute atomic E-state index is 0.506. The minimum atomic E-state index is 0.506. The van der Waals surface area contributed by atoms with Gasteiger partial charge in [-0.3, -0.25) is 0 Å². The molecular formula is C30H26NO+. The highest BCUT2D eigenvalue weighted by molar-refractivity contribution is 6.08. The van der Waals surface area contributed by atoms with E-state index >= 15 is 0 Å². The zero-order chi connectivity index (χ0) is 22.0. The molecule has 0 spiro atoms. The summed E-state index contributed by atoms with van der Waals surface area (Å²) in [6.45, 7) is 6.67. The topological polar surface area (TPSA) is 13.1 Å². The van der Waals surface area contributed by atoms with Crippen LogP contribution in [0.25, 0.3) is 44.1 Å². The molecule has 32 heavy (non-hydrogen) atoms. The van der Waals surface area contributed by atoms with Crippen molar-refractivity contribution >= 4 is 21.7 Å². The van der Waals surface area contributed by atoms with Crippen molar-refractivity contribution in [1.29, 1.82) is 0 Å². The molecule has 2 heterocycles. The van der Waals surface area contributed by atoms with E-state index in [4.69, 9.17) is 4.74 Å². The molecule has 156 valence electrons. The number of nitrogens with zero attached hydrogens (tertiary/aromatic N) is 1. The lowest BCUT2D eigenvalue weighted by atomic mass is 9.89. The van der Waals surface area contributed by atoms with E-state index in [9.17, 15) is 0 Å². The second-order valence-corrected chi connectivity index (χ2v) is 9.12. The predicted octanol–water partition coefficient (Wildman–Crippen LogP) is 7.69.